The topological polar surface area (TPSA) is 172 Å². The van der Waals surface area contributed by atoms with Crippen LogP contribution in [0.1, 0.15) is 106 Å². The summed E-state index contributed by atoms with van der Waals surface area (Å²) in [5.41, 5.74) is -2.26. The van der Waals surface area contributed by atoms with Gasteiger partial charge in [-0.2, -0.15) is 0 Å². The van der Waals surface area contributed by atoms with E-state index in [4.69, 9.17) is 37.9 Å². The van der Waals surface area contributed by atoms with Crippen molar-refractivity contribution < 1.29 is 62.8 Å². The van der Waals surface area contributed by atoms with Crippen LogP contribution in [0, 0.1) is 34.5 Å². The molecule has 7 rings (SSSR count). The summed E-state index contributed by atoms with van der Waals surface area (Å²) in [6, 6.07) is 0. The fourth-order valence-corrected chi connectivity index (χ4v) is 12.4. The van der Waals surface area contributed by atoms with Gasteiger partial charge in [0.2, 0.25) is 0 Å². The van der Waals surface area contributed by atoms with E-state index in [1.165, 1.54) is 7.11 Å². The highest BCUT2D eigenvalue weighted by molar-refractivity contribution is 5.81. The van der Waals surface area contributed by atoms with Crippen molar-refractivity contribution in [2.24, 2.45) is 34.5 Å². The van der Waals surface area contributed by atoms with E-state index in [-0.39, 0.29) is 46.9 Å². The number of rotatable bonds is 10. The number of esters is 1. The third-order valence-corrected chi connectivity index (χ3v) is 15.5. The first kappa shape index (κ1) is 40.0. The van der Waals surface area contributed by atoms with Crippen LogP contribution < -0.4 is 0 Å². The zero-order chi connectivity index (χ0) is 38.4. The van der Waals surface area contributed by atoms with Gasteiger partial charge in [-0.3, -0.25) is 9.59 Å². The predicted octanol–water partition coefficient (Wildman–Crippen LogP) is 3.45. The number of ketones is 1. The van der Waals surface area contributed by atoms with E-state index >= 15 is 0 Å². The van der Waals surface area contributed by atoms with Crippen LogP contribution in [0.2, 0.25) is 0 Å². The highest BCUT2D eigenvalue weighted by atomic mass is 16.7. The zero-order valence-electron chi connectivity index (χ0n) is 33.0. The summed E-state index contributed by atoms with van der Waals surface area (Å²) in [7, 11) is 3.05. The molecule has 7 fully saturated rings. The Labute approximate surface area is 314 Å². The summed E-state index contributed by atoms with van der Waals surface area (Å²) in [5.74, 6) is -0.943. The summed E-state index contributed by atoms with van der Waals surface area (Å²) >= 11 is 0. The van der Waals surface area contributed by atoms with Gasteiger partial charge in [0.15, 0.2) is 12.6 Å². The fraction of sp³-hybridized carbons (Fsp3) is 0.950. The number of carbonyl (C=O) groups is 2. The summed E-state index contributed by atoms with van der Waals surface area (Å²) in [4.78, 5) is 26.5. The van der Waals surface area contributed by atoms with Crippen LogP contribution in [0.3, 0.4) is 0 Å². The maximum absolute atomic E-state index is 13.4. The molecular formula is C40H64O13. The van der Waals surface area contributed by atoms with E-state index < -0.39 is 84.1 Å². The van der Waals surface area contributed by atoms with Crippen molar-refractivity contribution in [1.29, 1.82) is 0 Å². The molecule has 3 heterocycles. The Hall–Kier alpha value is -1.26. The summed E-state index contributed by atoms with van der Waals surface area (Å²) in [6.45, 7) is 13.3. The molecule has 0 unspecified atom stereocenters. The minimum absolute atomic E-state index is 0.0599. The first-order valence-corrected chi connectivity index (χ1v) is 20.2. The SMILES string of the molecule is CC[C@H](C)C(=O)O[C@@H]1[C@@H](O)[C@@H]2[C@@]3(C)CC[C@H](O[C@H]4C[C@@H](OC)[C@H](O[C@@H]5O[C@H](C)[C@@H](O)[C@@H](OC)[C@H]5O)[C@@H](C)O4)C[C@@H]3CC[C@]23O[C@@]32CC[C@@H](C(C)=O)[C@@]12C. The van der Waals surface area contributed by atoms with Crippen molar-refractivity contribution in [3.63, 3.8) is 0 Å². The number of fused-ring (bicyclic) bond motifs is 2. The van der Waals surface area contributed by atoms with Crippen LogP contribution in [0.25, 0.3) is 0 Å². The van der Waals surface area contributed by atoms with Gasteiger partial charge >= 0.3 is 5.97 Å². The van der Waals surface area contributed by atoms with Crippen molar-refractivity contribution in [1.82, 2.24) is 0 Å². The van der Waals surface area contributed by atoms with Gasteiger partial charge in [0.1, 0.15) is 47.5 Å². The minimum Gasteiger partial charge on any atom is -0.459 e. The quantitative estimate of drug-likeness (QED) is 0.169. The van der Waals surface area contributed by atoms with Gasteiger partial charge in [0, 0.05) is 37.9 Å². The molecule has 0 radical (unpaired) electrons. The van der Waals surface area contributed by atoms with E-state index in [2.05, 4.69) is 6.92 Å². The van der Waals surface area contributed by atoms with Crippen LogP contribution in [-0.2, 0) is 47.5 Å². The number of aliphatic hydroxyl groups is 3. The monoisotopic (exact) mass is 752 g/mol. The average Bonchev–Trinajstić information content (AvgIpc) is 3.66. The number of carbonyl (C=O) groups excluding carboxylic acids is 2. The average molecular weight is 753 g/mol. The molecule has 3 N–H and O–H groups in total. The third-order valence-electron chi connectivity index (χ3n) is 15.5. The van der Waals surface area contributed by atoms with E-state index in [1.54, 1.807) is 21.0 Å². The first-order chi connectivity index (χ1) is 25.0. The molecule has 0 aromatic heterocycles. The smallest absolute Gasteiger partial charge is 0.309 e. The van der Waals surface area contributed by atoms with Gasteiger partial charge in [-0.05, 0) is 83.5 Å². The van der Waals surface area contributed by atoms with Crippen LogP contribution in [0.5, 0.6) is 0 Å². The summed E-state index contributed by atoms with van der Waals surface area (Å²) < 4.78 is 49.7. The largest absolute Gasteiger partial charge is 0.459 e. The van der Waals surface area contributed by atoms with Crippen molar-refractivity contribution in [2.75, 3.05) is 14.2 Å². The second-order valence-electron chi connectivity index (χ2n) is 18.0. The number of epoxide rings is 1. The third kappa shape index (κ3) is 5.92. The molecule has 2 spiro atoms. The van der Waals surface area contributed by atoms with Crippen LogP contribution in [0.4, 0.5) is 0 Å². The van der Waals surface area contributed by atoms with Crippen LogP contribution >= 0.6 is 0 Å². The minimum atomic E-state index is -1.20. The molecule has 3 aliphatic heterocycles. The van der Waals surface area contributed by atoms with Gasteiger partial charge in [-0.1, -0.05) is 27.7 Å². The Kier molecular flexibility index (Phi) is 10.8. The van der Waals surface area contributed by atoms with Gasteiger partial charge in [0.25, 0.3) is 0 Å². The Bertz CT molecular complexity index is 1380. The fourth-order valence-electron chi connectivity index (χ4n) is 12.4. The molecule has 3 saturated heterocycles. The second kappa shape index (κ2) is 14.3. The van der Waals surface area contributed by atoms with Crippen molar-refractivity contribution >= 4 is 11.8 Å². The highest BCUT2D eigenvalue weighted by Gasteiger charge is 2.91. The Morgan fingerprint density at radius 1 is 0.868 bits per heavy atom. The molecular weight excluding hydrogens is 688 g/mol. The standard InChI is InChI=1S/C40H64O13/c1-10-19(2)35(45)52-34-30(44)33-37(6)14-12-24(17-23(37)11-15-39(33)40(53-39)16-13-25(20(3)41)38(34,40)7)50-27-18-26(46-8)31(22(5)48-27)51-36-29(43)32(47-9)28(42)21(4)49-36/h19,21-34,36,42-44H,10-18H2,1-9H3/t19-,21+,22+,23-,24-,25-,26+,27-,28+,29+,30-,31+,32+,33+,34+,36-,37-,38-,39-,40+/m0/s1. The maximum Gasteiger partial charge on any atom is 0.309 e. The molecule has 4 aliphatic carbocycles. The van der Waals surface area contributed by atoms with Crippen LogP contribution in [0.15, 0.2) is 0 Å². The highest BCUT2D eigenvalue weighted by Crippen LogP contribution is 2.81. The predicted molar refractivity (Wildman–Crippen MR) is 188 cm³/mol. The number of hydrogen-bond donors (Lipinski definition) is 3. The lowest BCUT2D eigenvalue weighted by atomic mass is 9.43. The second-order valence-corrected chi connectivity index (χ2v) is 18.0. The molecule has 302 valence electrons. The van der Waals surface area contributed by atoms with Gasteiger partial charge in [-0.15, -0.1) is 0 Å². The molecule has 7 aliphatic rings. The van der Waals surface area contributed by atoms with Crippen molar-refractivity contribution in [3.8, 4) is 0 Å². The lowest BCUT2D eigenvalue weighted by Crippen LogP contribution is -2.70. The van der Waals surface area contributed by atoms with E-state index in [0.717, 1.165) is 38.5 Å². The van der Waals surface area contributed by atoms with Crippen molar-refractivity contribution in [2.45, 2.75) is 191 Å². The van der Waals surface area contributed by atoms with E-state index in [1.807, 2.05) is 27.7 Å². The molecule has 0 aromatic rings. The molecule has 0 amide bonds. The van der Waals surface area contributed by atoms with Gasteiger partial charge in [0.05, 0.1) is 36.4 Å². The molecule has 13 nitrogen and oxygen atoms in total. The van der Waals surface area contributed by atoms with Crippen molar-refractivity contribution in [3.05, 3.63) is 0 Å². The molecule has 0 aromatic carbocycles. The Balaban J connectivity index is 1.05. The Morgan fingerprint density at radius 2 is 1.60 bits per heavy atom. The number of hydrogen-bond acceptors (Lipinski definition) is 13. The zero-order valence-corrected chi connectivity index (χ0v) is 33.0. The summed E-state index contributed by atoms with van der Waals surface area (Å²) in [5, 5.41) is 33.8. The van der Waals surface area contributed by atoms with Gasteiger partial charge in [-0.25, -0.2) is 0 Å². The van der Waals surface area contributed by atoms with Gasteiger partial charge < -0.3 is 53.2 Å². The van der Waals surface area contributed by atoms with E-state index in [0.29, 0.717) is 19.3 Å². The summed E-state index contributed by atoms with van der Waals surface area (Å²) in [6.07, 6.45) is -2.02. The normalized spacial score (nSPS) is 53.8. The molecule has 0 bridgehead atoms. The number of methoxy groups -OCH3 is 2. The maximum atomic E-state index is 13.4. The lowest BCUT2D eigenvalue weighted by molar-refractivity contribution is -0.343. The number of Topliss-reactive ketones (excluding diaryl/α,β-unsaturated/α-hetero) is 1. The molecule has 20 atom stereocenters. The lowest BCUT2D eigenvalue weighted by Gasteiger charge is -2.61. The van der Waals surface area contributed by atoms with Crippen LogP contribution in [-0.4, -0.2) is 126 Å². The number of ether oxygens (including phenoxy) is 8. The molecule has 4 saturated carbocycles. The molecule has 53 heavy (non-hydrogen) atoms. The first-order valence-electron chi connectivity index (χ1n) is 20.2. The number of aliphatic hydroxyl groups excluding tert-OH is 3. The van der Waals surface area contributed by atoms with E-state index in [9.17, 15) is 24.9 Å². The molecule has 13 heteroatoms. The Morgan fingerprint density at radius 3 is 2.26 bits per heavy atom.